The number of epoxide rings is 2. The summed E-state index contributed by atoms with van der Waals surface area (Å²) in [6.45, 7) is 15.3. The standard InChI is InChI=1S/C38H48O12/c1-19(2)21-7-9-37-31(49-37)29(17-35(5)15-25(41)27(47-35)13-23(39)11-21)46-34(44)38-10-8-22(20(3)4)12-24(40)14-28-26(42)16-36(6,48-28)18-30(32(38)50-38)45-33(37)43/h21-22,27-32H,1,3,7-18H2,2,4-6H3/t21-,22-,27-,28+,29-,30+,31-,32-,35-,36-,37+,38-/m1/s1. The average molecular weight is 697 g/mol. The van der Waals surface area contributed by atoms with Gasteiger partial charge in [-0.05, 0) is 65.2 Å². The maximum absolute atomic E-state index is 14.5. The van der Waals surface area contributed by atoms with E-state index in [4.69, 9.17) is 28.4 Å². The Morgan fingerprint density at radius 3 is 1.34 bits per heavy atom. The number of carbonyl (C=O) groups is 6. The van der Waals surface area contributed by atoms with Crippen LogP contribution in [0.5, 0.6) is 0 Å². The Bertz CT molecular complexity index is 1450. The van der Waals surface area contributed by atoms with Crippen LogP contribution in [0, 0.1) is 11.8 Å². The lowest BCUT2D eigenvalue weighted by Crippen LogP contribution is -2.48. The average Bonchev–Trinajstić information content (AvgIpc) is 3.88. The lowest BCUT2D eigenvalue weighted by Gasteiger charge is -2.32. The largest absolute Gasteiger partial charge is 0.457 e. The van der Waals surface area contributed by atoms with Gasteiger partial charge in [-0.2, -0.15) is 0 Å². The summed E-state index contributed by atoms with van der Waals surface area (Å²) in [6.07, 6.45) is -4.32. The highest BCUT2D eigenvalue weighted by Crippen LogP contribution is 2.55. The Morgan fingerprint density at radius 1 is 0.600 bits per heavy atom. The molecule has 0 saturated carbocycles. The lowest BCUT2D eigenvalue weighted by molar-refractivity contribution is -0.166. The molecule has 272 valence electrons. The Morgan fingerprint density at radius 2 is 0.980 bits per heavy atom. The number of hydrogen-bond donors (Lipinski definition) is 0. The molecule has 0 aromatic rings. The zero-order chi connectivity index (χ0) is 36.0. The molecule has 12 atom stereocenters. The highest BCUT2D eigenvalue weighted by molar-refractivity contribution is 5.93. The minimum absolute atomic E-state index is 0.00599. The molecule has 0 aliphatic carbocycles. The van der Waals surface area contributed by atoms with E-state index in [0.717, 1.165) is 11.1 Å². The summed E-state index contributed by atoms with van der Waals surface area (Å²) in [4.78, 5) is 81.6. The summed E-state index contributed by atoms with van der Waals surface area (Å²) in [5, 5.41) is 0. The van der Waals surface area contributed by atoms with E-state index in [2.05, 4.69) is 13.2 Å². The molecule has 50 heavy (non-hydrogen) atoms. The van der Waals surface area contributed by atoms with Gasteiger partial charge < -0.3 is 28.4 Å². The van der Waals surface area contributed by atoms with Crippen molar-refractivity contribution >= 4 is 35.1 Å². The van der Waals surface area contributed by atoms with E-state index < -0.39 is 71.0 Å². The number of ketones is 4. The van der Waals surface area contributed by atoms with Crippen LogP contribution in [0.3, 0.4) is 0 Å². The van der Waals surface area contributed by atoms with Gasteiger partial charge in [0.05, 0.1) is 11.2 Å². The molecule has 7 fully saturated rings. The lowest BCUT2D eigenvalue weighted by atomic mass is 9.81. The summed E-state index contributed by atoms with van der Waals surface area (Å²) >= 11 is 0. The summed E-state index contributed by atoms with van der Waals surface area (Å²) < 4.78 is 37.7. The van der Waals surface area contributed by atoms with Crippen molar-refractivity contribution in [2.24, 2.45) is 11.8 Å². The van der Waals surface area contributed by atoms with E-state index in [9.17, 15) is 28.8 Å². The highest BCUT2D eigenvalue weighted by atomic mass is 16.7. The normalized spacial score (nSPS) is 46.6. The number of fused-ring (bicyclic) bond motifs is 4. The molecule has 7 rings (SSSR count). The molecule has 7 aliphatic rings. The van der Waals surface area contributed by atoms with Crippen molar-refractivity contribution in [3.8, 4) is 0 Å². The van der Waals surface area contributed by atoms with E-state index >= 15 is 0 Å². The Balaban J connectivity index is 1.28. The van der Waals surface area contributed by atoms with E-state index in [1.807, 2.05) is 13.8 Å². The molecule has 0 radical (unpaired) electrons. The van der Waals surface area contributed by atoms with Crippen LogP contribution in [-0.4, -0.2) is 94.1 Å². The summed E-state index contributed by atoms with van der Waals surface area (Å²) in [5.41, 5.74) is -3.67. The summed E-state index contributed by atoms with van der Waals surface area (Å²) in [7, 11) is 0. The molecule has 0 unspecified atom stereocenters. The van der Waals surface area contributed by atoms with Crippen LogP contribution in [0.1, 0.15) is 105 Å². The van der Waals surface area contributed by atoms with Crippen molar-refractivity contribution in [3.63, 3.8) is 0 Å². The third kappa shape index (κ3) is 6.34. The SMILES string of the molecule is C=C(C)[C@@H]1CC[C@@]23O[C@@H]2[C@H](C[C@@]2(C)CC(=O)[C@H](CC(=O)C1)O2)OC(=O)[C@]12CC[C@@H](C(=C)C)CC(=O)C[C@H]4O[C@](C)(CC4=O)C[C@@H](OC3=O)[C@H]1O2. The van der Waals surface area contributed by atoms with Crippen LogP contribution in [0.25, 0.3) is 0 Å². The van der Waals surface area contributed by atoms with Crippen molar-refractivity contribution < 1.29 is 57.2 Å². The van der Waals surface area contributed by atoms with Gasteiger partial charge >= 0.3 is 11.9 Å². The number of ether oxygens (including phenoxy) is 6. The fraction of sp³-hybridized carbons (Fsp3) is 0.737. The first kappa shape index (κ1) is 35.3. The number of allylic oxidation sites excluding steroid dienone is 2. The van der Waals surface area contributed by atoms with Crippen molar-refractivity contribution in [1.29, 1.82) is 0 Å². The van der Waals surface area contributed by atoms with E-state index in [1.165, 1.54) is 0 Å². The van der Waals surface area contributed by atoms with Crippen molar-refractivity contribution in [3.05, 3.63) is 24.3 Å². The smallest absolute Gasteiger partial charge is 0.341 e. The van der Waals surface area contributed by atoms with Gasteiger partial charge in [-0.25, -0.2) is 9.59 Å². The monoisotopic (exact) mass is 696 g/mol. The molecule has 0 aromatic carbocycles. The second kappa shape index (κ2) is 12.3. The van der Waals surface area contributed by atoms with Crippen LogP contribution in [0.2, 0.25) is 0 Å². The first-order valence-electron chi connectivity index (χ1n) is 18.0. The van der Waals surface area contributed by atoms with Crippen LogP contribution in [0.15, 0.2) is 24.3 Å². The number of rotatable bonds is 2. The summed E-state index contributed by atoms with van der Waals surface area (Å²) in [6, 6.07) is 0. The predicted octanol–water partition coefficient (Wildman–Crippen LogP) is 3.78. The van der Waals surface area contributed by atoms with Crippen molar-refractivity contribution in [2.45, 2.75) is 164 Å². The zero-order valence-corrected chi connectivity index (χ0v) is 29.4. The second-order valence-corrected chi connectivity index (χ2v) is 16.6. The van der Waals surface area contributed by atoms with Gasteiger partial charge in [0.1, 0.15) is 48.2 Å². The molecule has 0 amide bonds. The first-order chi connectivity index (χ1) is 23.4. The molecule has 7 aliphatic heterocycles. The predicted molar refractivity (Wildman–Crippen MR) is 174 cm³/mol. The number of Topliss-reactive ketones (excluding diaryl/α,β-unsaturated/α-hetero) is 4. The van der Waals surface area contributed by atoms with Gasteiger partial charge in [0.2, 0.25) is 0 Å². The number of esters is 2. The molecular weight excluding hydrogens is 648 g/mol. The Labute approximate surface area is 291 Å². The molecule has 12 heteroatoms. The minimum Gasteiger partial charge on any atom is -0.457 e. The highest BCUT2D eigenvalue weighted by Gasteiger charge is 2.74. The Kier molecular flexibility index (Phi) is 8.68. The minimum atomic E-state index is -1.50. The summed E-state index contributed by atoms with van der Waals surface area (Å²) in [5.74, 6) is -2.58. The van der Waals surface area contributed by atoms with Gasteiger partial charge in [-0.1, -0.05) is 24.3 Å². The van der Waals surface area contributed by atoms with Crippen LogP contribution in [0.4, 0.5) is 0 Å². The molecule has 7 heterocycles. The molecule has 8 bridgehead atoms. The first-order valence-corrected chi connectivity index (χ1v) is 18.0. The quantitative estimate of drug-likeness (QED) is 0.234. The van der Waals surface area contributed by atoms with Crippen molar-refractivity contribution in [1.82, 2.24) is 0 Å². The molecular formula is C38H48O12. The third-order valence-electron chi connectivity index (χ3n) is 12.2. The Hall–Kier alpha value is -3.06. The van der Waals surface area contributed by atoms with E-state index in [0.29, 0.717) is 12.8 Å². The van der Waals surface area contributed by atoms with E-state index in [1.54, 1.807) is 13.8 Å². The maximum Gasteiger partial charge on any atom is 0.341 e. The molecule has 0 aromatic heterocycles. The van der Waals surface area contributed by atoms with Crippen LogP contribution < -0.4 is 0 Å². The zero-order valence-electron chi connectivity index (χ0n) is 29.4. The number of hydrogen-bond acceptors (Lipinski definition) is 12. The second-order valence-electron chi connectivity index (χ2n) is 16.6. The van der Waals surface area contributed by atoms with Crippen LogP contribution in [-0.2, 0) is 57.2 Å². The van der Waals surface area contributed by atoms with Crippen LogP contribution >= 0.6 is 0 Å². The van der Waals surface area contributed by atoms with Gasteiger partial charge in [-0.3, -0.25) is 19.2 Å². The van der Waals surface area contributed by atoms with Gasteiger partial charge in [-0.15, -0.1) is 0 Å². The molecule has 12 nitrogen and oxygen atoms in total. The molecule has 0 N–H and O–H groups in total. The fourth-order valence-corrected chi connectivity index (χ4v) is 9.19. The van der Waals surface area contributed by atoms with Gasteiger partial charge in [0.15, 0.2) is 22.8 Å². The third-order valence-corrected chi connectivity index (χ3v) is 12.2. The maximum atomic E-state index is 14.5. The van der Waals surface area contributed by atoms with Crippen molar-refractivity contribution in [2.75, 3.05) is 0 Å². The number of carbonyl (C=O) groups excluding carboxylic acids is 6. The topological polar surface area (TPSA) is 164 Å². The fourth-order valence-electron chi connectivity index (χ4n) is 9.19. The molecule has 0 spiro atoms. The van der Waals surface area contributed by atoms with Gasteiger partial charge in [0.25, 0.3) is 0 Å². The molecule has 7 saturated heterocycles. The van der Waals surface area contributed by atoms with E-state index in [-0.39, 0.29) is 99.2 Å². The van der Waals surface area contributed by atoms with Gasteiger partial charge in [0, 0.05) is 51.4 Å².